The molecule has 0 unspecified atom stereocenters. The number of benzene rings is 1. The van der Waals surface area contributed by atoms with Crippen molar-refractivity contribution in [1.29, 1.82) is 0 Å². The molecule has 0 bridgehead atoms. The third-order valence-electron chi connectivity index (χ3n) is 3.70. The van der Waals surface area contributed by atoms with Crippen molar-refractivity contribution in [3.05, 3.63) is 50.8 Å². The molecule has 0 saturated carbocycles. The fourth-order valence-corrected chi connectivity index (χ4v) is 3.05. The maximum atomic E-state index is 13.8. The molecule has 2 rings (SSSR count). The van der Waals surface area contributed by atoms with Crippen molar-refractivity contribution in [2.45, 2.75) is 26.5 Å². The zero-order chi connectivity index (χ0) is 21.8. The lowest BCUT2D eigenvalue weighted by Crippen LogP contribution is -2.31. The van der Waals surface area contributed by atoms with E-state index in [1.807, 2.05) is 0 Å². The summed E-state index contributed by atoms with van der Waals surface area (Å²) in [6, 6.07) is 2.70. The van der Waals surface area contributed by atoms with E-state index in [0.29, 0.717) is 6.07 Å². The van der Waals surface area contributed by atoms with E-state index in [2.05, 4.69) is 15.0 Å². The van der Waals surface area contributed by atoms with Crippen molar-refractivity contribution in [2.24, 2.45) is 0 Å². The minimum absolute atomic E-state index is 0.0594. The van der Waals surface area contributed by atoms with Crippen molar-refractivity contribution in [2.75, 3.05) is 24.7 Å². The third kappa shape index (κ3) is 6.38. The van der Waals surface area contributed by atoms with E-state index in [0.717, 1.165) is 12.3 Å². The van der Waals surface area contributed by atoms with Crippen LogP contribution in [-0.4, -0.2) is 37.3 Å². The van der Waals surface area contributed by atoms with Crippen LogP contribution in [0.1, 0.15) is 25.5 Å². The fourth-order valence-electron chi connectivity index (χ4n) is 2.39. The van der Waals surface area contributed by atoms with Crippen molar-refractivity contribution in [1.82, 2.24) is 14.3 Å². The molecule has 29 heavy (non-hydrogen) atoms. The summed E-state index contributed by atoms with van der Waals surface area (Å²) in [5.74, 6) is -1.65. The molecule has 2 aromatic rings. The van der Waals surface area contributed by atoms with Crippen LogP contribution in [0.4, 0.5) is 14.7 Å². The second-order valence-electron chi connectivity index (χ2n) is 6.44. The van der Waals surface area contributed by atoms with E-state index in [1.165, 1.54) is 10.6 Å². The topological polar surface area (TPSA) is 102 Å². The number of aromatic nitrogens is 2. The molecule has 1 aromatic heterocycles. The number of nitrogens with zero attached hydrogens (tertiary/aromatic N) is 2. The Morgan fingerprint density at radius 1 is 1.28 bits per heavy atom. The molecule has 0 radical (unpaired) electrons. The quantitative estimate of drug-likeness (QED) is 0.568. The van der Waals surface area contributed by atoms with Gasteiger partial charge in [0.2, 0.25) is 21.9 Å². The van der Waals surface area contributed by atoms with Crippen LogP contribution in [0.25, 0.3) is 0 Å². The first-order valence-corrected chi connectivity index (χ1v) is 10.8. The normalized spacial score (nSPS) is 11.7. The maximum absolute atomic E-state index is 13.8. The Labute approximate surface area is 171 Å². The number of halogens is 3. The lowest BCUT2D eigenvalue weighted by atomic mass is 10.2. The molecule has 1 aromatic carbocycles. The molecule has 0 aliphatic carbocycles. The summed E-state index contributed by atoms with van der Waals surface area (Å²) in [6.07, 6.45) is 1.03. The fraction of sp³-hybridized carbons (Fsp3) is 0.412. The Balaban J connectivity index is 2.25. The highest BCUT2D eigenvalue weighted by molar-refractivity contribution is 7.88. The predicted molar refractivity (Wildman–Crippen MR) is 106 cm³/mol. The average Bonchev–Trinajstić information content (AvgIpc) is 2.60. The molecule has 0 atom stereocenters. The molecule has 8 nitrogen and oxygen atoms in total. The molecular weight excluding hydrogens is 430 g/mol. The standard InChI is InChI=1S/C17H21ClF2N4O4S/c1-10(2)24-16(25)14(18)15(23-17(24)21-6-7-22-29(3,26)27)28-9-11-4-5-12(19)8-13(11)20/h4-5,8,10,22H,6-7,9H2,1-3H3,(H,21,23). The van der Waals surface area contributed by atoms with E-state index < -0.39 is 27.2 Å². The second-order valence-corrected chi connectivity index (χ2v) is 8.65. The largest absolute Gasteiger partial charge is 0.471 e. The van der Waals surface area contributed by atoms with Crippen LogP contribution >= 0.6 is 11.6 Å². The second kappa shape index (κ2) is 9.51. The predicted octanol–water partition coefficient (Wildman–Crippen LogP) is 2.30. The zero-order valence-corrected chi connectivity index (χ0v) is 17.6. The van der Waals surface area contributed by atoms with Crippen LogP contribution < -0.4 is 20.3 Å². The lowest BCUT2D eigenvalue weighted by molar-refractivity contribution is 0.286. The van der Waals surface area contributed by atoms with Gasteiger partial charge in [0.15, 0.2) is 5.02 Å². The van der Waals surface area contributed by atoms with Gasteiger partial charge in [-0.05, 0) is 26.0 Å². The zero-order valence-electron chi connectivity index (χ0n) is 16.0. The van der Waals surface area contributed by atoms with Gasteiger partial charge in [0, 0.05) is 30.8 Å². The molecule has 0 spiro atoms. The molecule has 0 fully saturated rings. The molecule has 0 amide bonds. The van der Waals surface area contributed by atoms with E-state index >= 15 is 0 Å². The first-order valence-electron chi connectivity index (χ1n) is 8.57. The number of rotatable bonds is 9. The van der Waals surface area contributed by atoms with Crippen LogP contribution in [0, 0.1) is 11.6 Å². The Morgan fingerprint density at radius 2 is 1.97 bits per heavy atom. The average molecular weight is 451 g/mol. The van der Waals surface area contributed by atoms with Crippen molar-refractivity contribution >= 4 is 27.6 Å². The van der Waals surface area contributed by atoms with Crippen LogP contribution in [0.3, 0.4) is 0 Å². The molecule has 2 N–H and O–H groups in total. The van der Waals surface area contributed by atoms with Crippen LogP contribution in [0.5, 0.6) is 5.88 Å². The molecular formula is C17H21ClF2N4O4S. The van der Waals surface area contributed by atoms with Gasteiger partial charge >= 0.3 is 0 Å². The van der Waals surface area contributed by atoms with E-state index in [-0.39, 0.29) is 48.2 Å². The van der Waals surface area contributed by atoms with Crippen molar-refractivity contribution < 1.29 is 21.9 Å². The number of nitrogens with one attached hydrogen (secondary N) is 2. The molecule has 0 aliphatic rings. The van der Waals surface area contributed by atoms with Gasteiger partial charge in [0.25, 0.3) is 5.56 Å². The van der Waals surface area contributed by atoms with Gasteiger partial charge in [-0.15, -0.1) is 0 Å². The summed E-state index contributed by atoms with van der Waals surface area (Å²) < 4.78 is 58.0. The number of hydrogen-bond acceptors (Lipinski definition) is 6. The van der Waals surface area contributed by atoms with E-state index in [9.17, 15) is 22.0 Å². The molecule has 0 saturated heterocycles. The summed E-state index contributed by atoms with van der Waals surface area (Å²) in [4.78, 5) is 16.8. The van der Waals surface area contributed by atoms with Gasteiger partial charge < -0.3 is 10.1 Å². The molecule has 160 valence electrons. The first-order chi connectivity index (χ1) is 13.5. The highest BCUT2D eigenvalue weighted by Crippen LogP contribution is 2.23. The summed E-state index contributed by atoms with van der Waals surface area (Å²) >= 11 is 6.07. The Morgan fingerprint density at radius 3 is 2.55 bits per heavy atom. The van der Waals surface area contributed by atoms with Crippen LogP contribution in [0.2, 0.25) is 5.02 Å². The highest BCUT2D eigenvalue weighted by atomic mass is 35.5. The Bertz CT molecular complexity index is 1040. The van der Waals surface area contributed by atoms with E-state index in [1.54, 1.807) is 13.8 Å². The summed E-state index contributed by atoms with van der Waals surface area (Å²) in [5, 5.41) is 2.56. The van der Waals surface area contributed by atoms with Gasteiger partial charge in [-0.1, -0.05) is 11.6 Å². The molecule has 0 aliphatic heterocycles. The van der Waals surface area contributed by atoms with Crippen molar-refractivity contribution in [3.63, 3.8) is 0 Å². The van der Waals surface area contributed by atoms with Crippen LogP contribution in [-0.2, 0) is 16.6 Å². The monoisotopic (exact) mass is 450 g/mol. The van der Waals surface area contributed by atoms with Gasteiger partial charge in [0.05, 0.1) is 6.26 Å². The SMILES string of the molecule is CC(C)n1c(NCCNS(C)(=O)=O)nc(OCc2ccc(F)cc2F)c(Cl)c1=O. The summed E-state index contributed by atoms with van der Waals surface area (Å²) in [7, 11) is -3.36. The van der Waals surface area contributed by atoms with Crippen molar-refractivity contribution in [3.8, 4) is 5.88 Å². The number of hydrogen-bond donors (Lipinski definition) is 2. The summed E-state index contributed by atoms with van der Waals surface area (Å²) in [5.41, 5.74) is -0.519. The van der Waals surface area contributed by atoms with Gasteiger partial charge in [-0.25, -0.2) is 21.9 Å². The Hall–Kier alpha value is -2.24. The van der Waals surface area contributed by atoms with Crippen LogP contribution in [0.15, 0.2) is 23.0 Å². The Kier molecular flexibility index (Phi) is 7.55. The van der Waals surface area contributed by atoms with Gasteiger partial charge in [-0.2, -0.15) is 4.98 Å². The minimum atomic E-state index is -3.36. The number of ether oxygens (including phenoxy) is 1. The number of anilines is 1. The van der Waals surface area contributed by atoms with Gasteiger partial charge in [-0.3, -0.25) is 9.36 Å². The first kappa shape index (κ1) is 23.0. The molecule has 12 heteroatoms. The number of sulfonamides is 1. The summed E-state index contributed by atoms with van der Waals surface area (Å²) in [6.45, 7) is 3.37. The van der Waals surface area contributed by atoms with Gasteiger partial charge in [0.1, 0.15) is 18.2 Å². The smallest absolute Gasteiger partial charge is 0.277 e. The van der Waals surface area contributed by atoms with E-state index in [4.69, 9.17) is 16.3 Å². The minimum Gasteiger partial charge on any atom is -0.471 e. The lowest BCUT2D eigenvalue weighted by Gasteiger charge is -2.18. The highest BCUT2D eigenvalue weighted by Gasteiger charge is 2.19. The maximum Gasteiger partial charge on any atom is 0.277 e. The molecule has 1 heterocycles. The third-order valence-corrected chi connectivity index (χ3v) is 4.75.